The number of ketones is 1. The molecule has 14 nitrogen and oxygen atoms in total. The van der Waals surface area contributed by atoms with Crippen LogP contribution in [0.4, 0.5) is 28.9 Å². The zero-order valence-corrected chi connectivity index (χ0v) is 37.2. The molecule has 5 aliphatic heterocycles. The molecule has 0 aliphatic carbocycles. The highest BCUT2D eigenvalue weighted by Crippen LogP contribution is 2.36. The number of alkyl halides is 2. The van der Waals surface area contributed by atoms with Gasteiger partial charge >= 0.3 is 10.2 Å². The van der Waals surface area contributed by atoms with Crippen molar-refractivity contribution in [2.24, 2.45) is 5.92 Å². The number of carbonyl (C=O) groups is 4. The Kier molecular flexibility index (Phi) is 11.6. The lowest BCUT2D eigenvalue weighted by Gasteiger charge is -2.38. The van der Waals surface area contributed by atoms with E-state index in [0.29, 0.717) is 51.3 Å². The highest BCUT2D eigenvalue weighted by Gasteiger charge is 2.44. The quantitative estimate of drug-likeness (QED) is 0.0752. The number of halogens is 4. The van der Waals surface area contributed by atoms with Gasteiger partial charge in [-0.25, -0.2) is 22.5 Å². The second-order valence-corrected chi connectivity index (χ2v) is 20.0. The van der Waals surface area contributed by atoms with Crippen molar-refractivity contribution in [1.29, 1.82) is 0 Å². The van der Waals surface area contributed by atoms with Gasteiger partial charge in [-0.1, -0.05) is 24.3 Å². The number of piperidine rings is 3. The number of H-pyrrole nitrogens is 1. The number of aromatic nitrogens is 2. The molecule has 0 radical (unpaired) electrons. The first-order chi connectivity index (χ1) is 32.1. The van der Waals surface area contributed by atoms with Crippen molar-refractivity contribution in [3.05, 3.63) is 113 Å². The minimum absolute atomic E-state index is 0.0929. The molecule has 350 valence electrons. The number of nitrogens with one attached hydrogen (secondary N) is 3. The standard InChI is InChI=1S/C48H48F4N8O6S/c49-38-7-8-39(56-67(65,66)59-20-15-48(51,52)27-59)43(50)42(38)44(62)37-24-54-45-36(37)22-32(23-53-45)29-1-4-34(5-2-29)58-18-11-28(12-19-58)25-57-16-13-30(14-17-57)31-3-6-35-33(21-31)26-60(47(35)64)40-9-10-41(61)55-46(40)63/h1-8,21-24,28,30,40,56H,9-20,25-27H2,(H,53,54)(H,55,61,63)/t40-/m0/s1. The summed E-state index contributed by atoms with van der Waals surface area (Å²) < 4.78 is 86.3. The van der Waals surface area contributed by atoms with Gasteiger partial charge in [0.05, 0.1) is 17.8 Å². The lowest BCUT2D eigenvalue weighted by Crippen LogP contribution is -2.52. The van der Waals surface area contributed by atoms with Crippen LogP contribution in [-0.4, -0.2) is 114 Å². The number of fused-ring (bicyclic) bond motifs is 2. The number of pyridine rings is 1. The molecular weight excluding hydrogens is 893 g/mol. The molecule has 3 N–H and O–H groups in total. The van der Waals surface area contributed by atoms with Gasteiger partial charge in [0, 0.05) is 85.7 Å². The second-order valence-electron chi connectivity index (χ2n) is 18.4. The fourth-order valence-corrected chi connectivity index (χ4v) is 11.6. The van der Waals surface area contributed by atoms with Crippen LogP contribution in [0.2, 0.25) is 0 Å². The van der Waals surface area contributed by atoms with E-state index in [4.69, 9.17) is 0 Å². The molecule has 7 heterocycles. The van der Waals surface area contributed by atoms with E-state index < -0.39 is 76.3 Å². The summed E-state index contributed by atoms with van der Waals surface area (Å²) in [5.41, 5.74) is 3.79. The SMILES string of the molecule is O=C1CC[C@H](N2Cc3cc(C4CCN(CC5CCN(c6ccc(-c7cnc8[nH]cc(C(=O)c9c(F)ccc(NS(=O)(=O)N%10CCC(F)(F)C%10)c9F)c8c7)cc6)CC5)CC4)ccc3C2=O)C(=O)N1. The number of aromatic amines is 1. The molecule has 3 aromatic carbocycles. The van der Waals surface area contributed by atoms with Crippen LogP contribution in [0.15, 0.2) is 73.1 Å². The van der Waals surface area contributed by atoms with Crippen LogP contribution < -0.4 is 14.9 Å². The summed E-state index contributed by atoms with van der Waals surface area (Å²) in [6.45, 7) is 3.68. The average Bonchev–Trinajstić information content (AvgIpc) is 4.02. The number of amides is 3. The molecule has 4 saturated heterocycles. The molecule has 0 bridgehead atoms. The summed E-state index contributed by atoms with van der Waals surface area (Å²) in [7, 11) is -4.63. The predicted octanol–water partition coefficient (Wildman–Crippen LogP) is 6.59. The molecule has 5 aromatic rings. The van der Waals surface area contributed by atoms with Gasteiger partial charge in [-0.15, -0.1) is 0 Å². The maximum Gasteiger partial charge on any atom is 0.301 e. The Bertz CT molecular complexity index is 2920. The summed E-state index contributed by atoms with van der Waals surface area (Å²) in [5, 5.41) is 2.66. The van der Waals surface area contributed by atoms with E-state index in [-0.39, 0.29) is 23.8 Å². The van der Waals surface area contributed by atoms with Crippen molar-refractivity contribution in [2.45, 2.75) is 69.4 Å². The molecular formula is C48H48F4N8O6S. The van der Waals surface area contributed by atoms with Crippen molar-refractivity contribution < 1.29 is 45.2 Å². The van der Waals surface area contributed by atoms with E-state index in [1.54, 1.807) is 17.2 Å². The molecule has 67 heavy (non-hydrogen) atoms. The van der Waals surface area contributed by atoms with E-state index in [9.17, 15) is 36.4 Å². The number of carbonyl (C=O) groups excluding carboxylic acids is 4. The number of nitrogens with zero attached hydrogens (tertiary/aromatic N) is 5. The van der Waals surface area contributed by atoms with Gasteiger partial charge < -0.3 is 19.7 Å². The number of rotatable bonds is 11. The van der Waals surface area contributed by atoms with Crippen molar-refractivity contribution in [2.75, 3.05) is 55.4 Å². The summed E-state index contributed by atoms with van der Waals surface area (Å²) >= 11 is 0. The van der Waals surface area contributed by atoms with Crippen molar-refractivity contribution in [1.82, 2.24) is 29.4 Å². The molecule has 2 aromatic heterocycles. The molecule has 0 spiro atoms. The van der Waals surface area contributed by atoms with Gasteiger partial charge in [0.1, 0.15) is 17.5 Å². The molecule has 10 rings (SSSR count). The Labute approximate surface area is 383 Å². The van der Waals surface area contributed by atoms with E-state index in [0.717, 1.165) is 87.4 Å². The van der Waals surface area contributed by atoms with E-state index in [2.05, 4.69) is 37.2 Å². The smallest absolute Gasteiger partial charge is 0.301 e. The van der Waals surface area contributed by atoms with E-state index in [1.165, 1.54) is 11.8 Å². The second kappa shape index (κ2) is 17.5. The van der Waals surface area contributed by atoms with Crippen LogP contribution in [0.25, 0.3) is 22.2 Å². The minimum Gasteiger partial charge on any atom is -0.372 e. The maximum absolute atomic E-state index is 15.8. The van der Waals surface area contributed by atoms with Gasteiger partial charge in [-0.3, -0.25) is 29.2 Å². The van der Waals surface area contributed by atoms with Gasteiger partial charge in [-0.2, -0.15) is 12.7 Å². The van der Waals surface area contributed by atoms with Crippen LogP contribution in [0.1, 0.15) is 88.3 Å². The summed E-state index contributed by atoms with van der Waals surface area (Å²) in [6, 6.07) is 16.7. The van der Waals surface area contributed by atoms with Gasteiger partial charge in [0.15, 0.2) is 5.82 Å². The zero-order chi connectivity index (χ0) is 46.8. The Balaban J connectivity index is 0.730. The van der Waals surface area contributed by atoms with Gasteiger partial charge in [-0.05, 0) is 110 Å². The Morgan fingerprint density at radius 1 is 0.881 bits per heavy atom. The maximum atomic E-state index is 15.8. The van der Waals surface area contributed by atoms with E-state index >= 15 is 8.78 Å². The first-order valence-corrected chi connectivity index (χ1v) is 24.1. The molecule has 0 saturated carbocycles. The fraction of sp³-hybridized carbons (Fsp3) is 0.396. The highest BCUT2D eigenvalue weighted by atomic mass is 32.2. The van der Waals surface area contributed by atoms with Crippen LogP contribution in [-0.2, 0) is 26.3 Å². The number of hydrogen-bond donors (Lipinski definition) is 3. The molecule has 4 fully saturated rings. The minimum atomic E-state index is -4.63. The monoisotopic (exact) mass is 940 g/mol. The van der Waals surface area contributed by atoms with Crippen LogP contribution in [0.3, 0.4) is 0 Å². The summed E-state index contributed by atoms with van der Waals surface area (Å²) in [5.74, 6) is -6.88. The average molecular weight is 941 g/mol. The Morgan fingerprint density at radius 3 is 2.36 bits per heavy atom. The summed E-state index contributed by atoms with van der Waals surface area (Å²) in [4.78, 5) is 64.9. The largest absolute Gasteiger partial charge is 0.372 e. The number of imide groups is 1. The van der Waals surface area contributed by atoms with Crippen LogP contribution >= 0.6 is 0 Å². The number of likely N-dealkylation sites (tertiary alicyclic amines) is 1. The number of anilines is 2. The predicted molar refractivity (Wildman–Crippen MR) is 241 cm³/mol. The topological polar surface area (TPSA) is 168 Å². The molecule has 19 heteroatoms. The van der Waals surface area contributed by atoms with Crippen molar-refractivity contribution in [3.63, 3.8) is 0 Å². The van der Waals surface area contributed by atoms with Crippen molar-refractivity contribution in [3.8, 4) is 11.1 Å². The molecule has 1 atom stereocenters. The normalized spacial score (nSPS) is 21.0. The Hall–Kier alpha value is -6.18. The van der Waals surface area contributed by atoms with E-state index in [1.807, 2.05) is 35.1 Å². The first-order valence-electron chi connectivity index (χ1n) is 22.6. The number of benzene rings is 3. The number of hydrogen-bond acceptors (Lipinski definition) is 9. The molecule has 0 unspecified atom stereocenters. The molecule has 3 amide bonds. The molecule has 5 aliphatic rings. The van der Waals surface area contributed by atoms with Crippen LogP contribution in [0.5, 0.6) is 0 Å². The van der Waals surface area contributed by atoms with Crippen LogP contribution in [0, 0.1) is 17.6 Å². The Morgan fingerprint density at radius 2 is 1.64 bits per heavy atom. The van der Waals surface area contributed by atoms with Gasteiger partial charge in [0.25, 0.3) is 11.8 Å². The third kappa shape index (κ3) is 8.79. The summed E-state index contributed by atoms with van der Waals surface area (Å²) in [6.07, 6.45) is 6.96. The first kappa shape index (κ1) is 44.6. The van der Waals surface area contributed by atoms with Crippen molar-refractivity contribution >= 4 is 56.1 Å². The fourth-order valence-electron chi connectivity index (χ4n) is 10.3. The highest BCUT2D eigenvalue weighted by molar-refractivity contribution is 7.90. The zero-order valence-electron chi connectivity index (χ0n) is 36.4. The third-order valence-electron chi connectivity index (χ3n) is 14.1. The lowest BCUT2D eigenvalue weighted by atomic mass is 9.87. The third-order valence-corrected chi connectivity index (χ3v) is 15.6. The lowest BCUT2D eigenvalue weighted by molar-refractivity contribution is -0.136. The van der Waals surface area contributed by atoms with Gasteiger partial charge in [0.2, 0.25) is 17.6 Å².